The molecule has 0 radical (unpaired) electrons. The highest BCUT2D eigenvalue weighted by Crippen LogP contribution is 2.12. The van der Waals surface area contributed by atoms with Crippen molar-refractivity contribution >= 4 is 5.97 Å². The lowest BCUT2D eigenvalue weighted by Gasteiger charge is -2.21. The SMILES string of the molecule is CCC(O)C(C)NCC(F)(F)C(=O)O. The van der Waals surface area contributed by atoms with Crippen molar-refractivity contribution < 1.29 is 23.8 Å². The van der Waals surface area contributed by atoms with Crippen LogP contribution >= 0.6 is 0 Å². The standard InChI is InChI=1S/C8H15F2NO3/c1-3-6(12)5(2)11-4-8(9,10)7(13)14/h5-6,11-12H,3-4H2,1-2H3,(H,13,14). The minimum Gasteiger partial charge on any atom is -0.477 e. The maximum atomic E-state index is 12.5. The first kappa shape index (κ1) is 13.2. The molecule has 0 aromatic heterocycles. The summed E-state index contributed by atoms with van der Waals surface area (Å²) in [7, 11) is 0. The highest BCUT2D eigenvalue weighted by Gasteiger charge is 2.38. The van der Waals surface area contributed by atoms with Gasteiger partial charge in [-0.2, -0.15) is 8.78 Å². The molecule has 3 N–H and O–H groups in total. The van der Waals surface area contributed by atoms with E-state index < -0.39 is 30.6 Å². The molecule has 0 aliphatic rings. The van der Waals surface area contributed by atoms with Gasteiger partial charge in [-0.25, -0.2) is 4.79 Å². The molecule has 0 aliphatic carbocycles. The molecule has 6 heteroatoms. The maximum absolute atomic E-state index is 12.5. The van der Waals surface area contributed by atoms with Crippen LogP contribution in [-0.4, -0.2) is 40.8 Å². The van der Waals surface area contributed by atoms with Gasteiger partial charge in [0.2, 0.25) is 0 Å². The van der Waals surface area contributed by atoms with Crippen molar-refractivity contribution in [3.8, 4) is 0 Å². The van der Waals surface area contributed by atoms with Crippen LogP contribution in [0.5, 0.6) is 0 Å². The third-order valence-electron chi connectivity index (χ3n) is 1.95. The highest BCUT2D eigenvalue weighted by molar-refractivity contribution is 5.75. The zero-order valence-electron chi connectivity index (χ0n) is 8.13. The molecule has 0 fully saturated rings. The molecule has 0 aromatic rings. The molecule has 4 nitrogen and oxygen atoms in total. The van der Waals surface area contributed by atoms with Crippen molar-refractivity contribution in [3.05, 3.63) is 0 Å². The molecule has 2 unspecified atom stereocenters. The molecule has 0 saturated carbocycles. The fourth-order valence-electron chi connectivity index (χ4n) is 0.854. The van der Waals surface area contributed by atoms with E-state index in [1.165, 1.54) is 6.92 Å². The second-order valence-corrected chi connectivity index (χ2v) is 3.15. The summed E-state index contributed by atoms with van der Waals surface area (Å²) < 4.78 is 25.1. The van der Waals surface area contributed by atoms with Gasteiger partial charge < -0.3 is 15.5 Å². The number of aliphatic carboxylic acids is 1. The molecule has 0 bridgehead atoms. The third kappa shape index (κ3) is 3.97. The summed E-state index contributed by atoms with van der Waals surface area (Å²) in [5.74, 6) is -5.95. The first-order chi connectivity index (χ1) is 6.31. The zero-order chi connectivity index (χ0) is 11.4. The number of hydrogen-bond donors (Lipinski definition) is 3. The summed E-state index contributed by atoms with van der Waals surface area (Å²) in [6.07, 6.45) is -0.327. The Bertz CT molecular complexity index is 199. The quantitative estimate of drug-likeness (QED) is 0.596. The average molecular weight is 211 g/mol. The molecular weight excluding hydrogens is 196 g/mol. The van der Waals surface area contributed by atoms with E-state index in [2.05, 4.69) is 5.32 Å². The summed E-state index contributed by atoms with van der Waals surface area (Å²) in [4.78, 5) is 10.0. The minimum atomic E-state index is -3.79. The topological polar surface area (TPSA) is 69.6 Å². The molecule has 14 heavy (non-hydrogen) atoms. The van der Waals surface area contributed by atoms with Gasteiger partial charge in [0.1, 0.15) is 0 Å². The van der Waals surface area contributed by atoms with E-state index in [0.717, 1.165) is 0 Å². The van der Waals surface area contributed by atoms with Gasteiger partial charge in [-0.3, -0.25) is 0 Å². The predicted molar refractivity (Wildman–Crippen MR) is 46.3 cm³/mol. The summed E-state index contributed by atoms with van der Waals surface area (Å²) in [5.41, 5.74) is 0. The number of carboxylic acids is 1. The summed E-state index contributed by atoms with van der Waals surface area (Å²) in [5, 5.41) is 19.6. The lowest BCUT2D eigenvalue weighted by atomic mass is 10.1. The van der Waals surface area contributed by atoms with Crippen LogP contribution in [0.1, 0.15) is 20.3 Å². The summed E-state index contributed by atoms with van der Waals surface area (Å²) in [6.45, 7) is 2.25. The van der Waals surface area contributed by atoms with Gasteiger partial charge in [-0.05, 0) is 13.3 Å². The number of aliphatic hydroxyl groups excluding tert-OH is 1. The minimum absolute atomic E-state index is 0.423. The van der Waals surface area contributed by atoms with E-state index in [4.69, 9.17) is 5.11 Å². The van der Waals surface area contributed by atoms with Crippen LogP contribution in [0.4, 0.5) is 8.78 Å². The van der Waals surface area contributed by atoms with Crippen molar-refractivity contribution in [2.45, 2.75) is 38.3 Å². The zero-order valence-corrected chi connectivity index (χ0v) is 8.13. The molecule has 0 aliphatic heterocycles. The van der Waals surface area contributed by atoms with E-state index in [0.29, 0.717) is 6.42 Å². The number of rotatable bonds is 6. The van der Waals surface area contributed by atoms with Crippen LogP contribution in [0.2, 0.25) is 0 Å². The highest BCUT2D eigenvalue weighted by atomic mass is 19.3. The van der Waals surface area contributed by atoms with Crippen LogP contribution in [0.15, 0.2) is 0 Å². The summed E-state index contributed by atoms with van der Waals surface area (Å²) in [6, 6.07) is -0.551. The van der Waals surface area contributed by atoms with Crippen molar-refractivity contribution in [1.29, 1.82) is 0 Å². The fourth-order valence-corrected chi connectivity index (χ4v) is 0.854. The van der Waals surface area contributed by atoms with Crippen molar-refractivity contribution in [3.63, 3.8) is 0 Å². The number of carboxylic acid groups (broad SMARTS) is 1. The number of alkyl halides is 2. The van der Waals surface area contributed by atoms with Crippen LogP contribution in [0.25, 0.3) is 0 Å². The largest absolute Gasteiger partial charge is 0.477 e. The van der Waals surface area contributed by atoms with Gasteiger partial charge >= 0.3 is 11.9 Å². The van der Waals surface area contributed by atoms with Gasteiger partial charge in [0.15, 0.2) is 0 Å². The van der Waals surface area contributed by atoms with Crippen LogP contribution in [0, 0.1) is 0 Å². The molecular formula is C8H15F2NO3. The molecule has 0 rings (SSSR count). The van der Waals surface area contributed by atoms with Crippen molar-refractivity contribution in [2.24, 2.45) is 0 Å². The molecule has 0 spiro atoms. The van der Waals surface area contributed by atoms with E-state index in [1.54, 1.807) is 6.92 Å². The Labute approximate surface area is 80.9 Å². The molecule has 0 heterocycles. The monoisotopic (exact) mass is 211 g/mol. The van der Waals surface area contributed by atoms with Gasteiger partial charge in [0.25, 0.3) is 0 Å². The summed E-state index contributed by atoms with van der Waals surface area (Å²) >= 11 is 0. The number of aliphatic hydroxyl groups is 1. The maximum Gasteiger partial charge on any atom is 0.375 e. The van der Waals surface area contributed by atoms with Crippen LogP contribution in [-0.2, 0) is 4.79 Å². The molecule has 2 atom stereocenters. The lowest BCUT2D eigenvalue weighted by molar-refractivity contribution is -0.164. The van der Waals surface area contributed by atoms with Crippen molar-refractivity contribution in [2.75, 3.05) is 6.54 Å². The molecule has 0 amide bonds. The van der Waals surface area contributed by atoms with E-state index in [-0.39, 0.29) is 0 Å². The van der Waals surface area contributed by atoms with E-state index in [1.807, 2.05) is 0 Å². The second kappa shape index (κ2) is 5.21. The number of carbonyl (C=O) groups is 1. The predicted octanol–water partition coefficient (Wildman–Crippen LogP) is 0.455. The third-order valence-corrected chi connectivity index (χ3v) is 1.95. The lowest BCUT2D eigenvalue weighted by Crippen LogP contribution is -2.46. The molecule has 0 aromatic carbocycles. The average Bonchev–Trinajstić information content (AvgIpc) is 2.12. The van der Waals surface area contributed by atoms with Gasteiger partial charge in [0, 0.05) is 6.04 Å². The van der Waals surface area contributed by atoms with Crippen molar-refractivity contribution in [1.82, 2.24) is 5.32 Å². The Hall–Kier alpha value is -0.750. The Morgan fingerprint density at radius 1 is 1.57 bits per heavy atom. The first-order valence-corrected chi connectivity index (χ1v) is 4.34. The first-order valence-electron chi connectivity index (χ1n) is 4.34. The molecule has 84 valence electrons. The van der Waals surface area contributed by atoms with Gasteiger partial charge in [-0.1, -0.05) is 6.92 Å². The molecule has 0 saturated heterocycles. The second-order valence-electron chi connectivity index (χ2n) is 3.15. The van der Waals surface area contributed by atoms with Crippen LogP contribution in [0.3, 0.4) is 0 Å². The smallest absolute Gasteiger partial charge is 0.375 e. The van der Waals surface area contributed by atoms with Gasteiger partial charge in [0.05, 0.1) is 12.6 Å². The normalized spacial score (nSPS) is 16.4. The number of nitrogens with one attached hydrogen (secondary N) is 1. The van der Waals surface area contributed by atoms with E-state index in [9.17, 15) is 18.7 Å². The van der Waals surface area contributed by atoms with Crippen LogP contribution < -0.4 is 5.32 Å². The number of hydrogen-bond acceptors (Lipinski definition) is 3. The Morgan fingerprint density at radius 2 is 2.07 bits per heavy atom. The number of halogens is 2. The Morgan fingerprint density at radius 3 is 2.43 bits per heavy atom. The Balaban J connectivity index is 3.99. The Kier molecular flexibility index (Phi) is 4.93. The van der Waals surface area contributed by atoms with Gasteiger partial charge in [-0.15, -0.1) is 0 Å². The fraction of sp³-hybridized carbons (Fsp3) is 0.875. The van der Waals surface area contributed by atoms with E-state index >= 15 is 0 Å².